The van der Waals surface area contributed by atoms with Crippen molar-refractivity contribution in [1.29, 1.82) is 0 Å². The number of amides is 1. The number of aromatic nitrogens is 7. The van der Waals surface area contributed by atoms with Crippen molar-refractivity contribution in [3.8, 4) is 57.3 Å². The molecule has 78 heavy (non-hydrogen) atoms. The Labute approximate surface area is 465 Å². The third kappa shape index (κ3) is 17.9. The fraction of sp³-hybridized carbons (Fsp3) is 0.298. The van der Waals surface area contributed by atoms with Crippen molar-refractivity contribution in [2.75, 3.05) is 64.0 Å². The number of carbonyl (C=O) groups excluding carboxylic acids is 1. The largest absolute Gasteiger partial charge is 0.586 e. The molecule has 1 fully saturated rings. The molecule has 2 aromatic carbocycles. The monoisotopic (exact) mass is 1190 g/mol. The van der Waals surface area contributed by atoms with E-state index in [0.717, 1.165) is 26.3 Å². The molecule has 8 heterocycles. The van der Waals surface area contributed by atoms with Gasteiger partial charge >= 0.3 is 30.6 Å². The number of carbonyl (C=O) groups is 2. The van der Waals surface area contributed by atoms with Gasteiger partial charge in [0.05, 0.1) is 42.8 Å². The van der Waals surface area contributed by atoms with E-state index in [1.54, 1.807) is 52.0 Å². The number of hydrogen-bond acceptors (Lipinski definition) is 20. The molecule has 4 N–H and O–H groups in total. The molecule has 10 rings (SSSR count). The molecular weight excluding hydrogens is 1150 g/mol. The van der Waals surface area contributed by atoms with Crippen LogP contribution in [0.25, 0.3) is 22.3 Å². The van der Waals surface area contributed by atoms with Crippen molar-refractivity contribution in [3.05, 3.63) is 111 Å². The van der Waals surface area contributed by atoms with Gasteiger partial charge < -0.3 is 63.0 Å². The number of morpholine rings is 1. The predicted octanol–water partition coefficient (Wildman–Crippen LogP) is 10.8. The van der Waals surface area contributed by atoms with Crippen LogP contribution in [-0.2, 0) is 4.74 Å². The summed E-state index contributed by atoms with van der Waals surface area (Å²) in [6.45, 7) is 10.5. The molecular formula is C47H45Cl5F4N10O12. The molecule has 0 saturated carbocycles. The van der Waals surface area contributed by atoms with Crippen molar-refractivity contribution < 1.29 is 74.2 Å². The lowest BCUT2D eigenvalue weighted by Gasteiger charge is -2.21. The zero-order valence-corrected chi connectivity index (χ0v) is 45.6. The van der Waals surface area contributed by atoms with Crippen LogP contribution in [0, 0.1) is 27.7 Å². The lowest BCUT2D eigenvalue weighted by atomic mass is 10.1. The lowest BCUT2D eigenvalue weighted by molar-refractivity contribution is -0.287. The van der Waals surface area contributed by atoms with Gasteiger partial charge in [-0.2, -0.15) is 9.97 Å². The first-order valence-corrected chi connectivity index (χ1v) is 24.2. The Morgan fingerprint density at radius 1 is 0.692 bits per heavy atom. The van der Waals surface area contributed by atoms with Crippen LogP contribution >= 0.6 is 58.0 Å². The number of anilines is 2. The second-order valence-corrected chi connectivity index (χ2v) is 17.4. The molecule has 1 amide bonds. The summed E-state index contributed by atoms with van der Waals surface area (Å²) in [5.74, 6) is 0.206. The summed E-state index contributed by atoms with van der Waals surface area (Å²) >= 11 is 27.2. The number of rotatable bonds is 7. The minimum absolute atomic E-state index is 0.00231. The average Bonchev–Trinajstić information content (AvgIpc) is 4.12. The van der Waals surface area contributed by atoms with Crippen LogP contribution < -0.4 is 39.5 Å². The Bertz CT molecular complexity index is 3140. The second kappa shape index (κ2) is 27.9. The number of aryl methyl sites for hydroxylation is 4. The third-order valence-electron chi connectivity index (χ3n) is 9.79. The average molecular weight is 1200 g/mol. The minimum atomic E-state index is -3.73. The van der Waals surface area contributed by atoms with Gasteiger partial charge in [-0.25, -0.2) is 24.7 Å². The number of aromatic carboxylic acids is 1. The molecule has 3 aliphatic rings. The summed E-state index contributed by atoms with van der Waals surface area (Å²) in [6, 6.07) is 12.0. The summed E-state index contributed by atoms with van der Waals surface area (Å²) in [4.78, 5) is 51.6. The first-order valence-electron chi connectivity index (χ1n) is 22.0. The number of nitrogens with one attached hydrogen (secondary N) is 1. The Morgan fingerprint density at radius 2 is 1.13 bits per heavy atom. The molecule has 0 bridgehead atoms. The molecule has 418 valence electrons. The number of pyridine rings is 2. The van der Waals surface area contributed by atoms with Gasteiger partial charge in [0, 0.05) is 73.7 Å². The summed E-state index contributed by atoms with van der Waals surface area (Å²) in [7, 11) is 4.98. The molecule has 31 heteroatoms. The Balaban J connectivity index is 0.000000193. The number of halogens is 9. The first-order chi connectivity index (χ1) is 36.8. The van der Waals surface area contributed by atoms with E-state index in [0.29, 0.717) is 51.4 Å². The van der Waals surface area contributed by atoms with Gasteiger partial charge in [-0.1, -0.05) is 23.2 Å². The highest BCUT2D eigenvalue weighted by molar-refractivity contribution is 6.40. The molecule has 0 unspecified atom stereocenters. The topological polar surface area (TPSA) is 277 Å². The number of nitrogens with zero attached hydrogens (tertiary/aromatic N) is 8. The van der Waals surface area contributed by atoms with Gasteiger partial charge in [-0.05, 0) is 68.9 Å². The summed E-state index contributed by atoms with van der Waals surface area (Å²) in [5, 5.41) is 11.8. The molecule has 0 spiro atoms. The van der Waals surface area contributed by atoms with Gasteiger partial charge in [0.1, 0.15) is 23.2 Å². The standard InChI is InChI=1S/C18H12ClF2N3O4.C12H7ClF2N2O2.C6H7NO3.C5H6ClN3O2.C5H11NO.CH2Cl2/c1-8-16(23-9(2)26-8)17(25)24-15-4-3-10(7-22-15)11-5-13-14(6-12(11)19)28-18(20,21)27-13;13-8-4-10-9(18-12(14,15)19-10)3-7(8)6-1-2-11(16)17-5-6;1-3-5(6(8)9)7-4(2)10-3;1-10-4-7-3(6)8-5(9-4)11-2;1-6-2-4-7-5-3-6;2-1-3/h3-7H,1-2H3,(H,22,24,25);1-5H,(H2,16,17);1-2H3,(H,8,9);1-2H3;2-5H2,1H3;1H2. The molecule has 3 aliphatic heterocycles. The van der Waals surface area contributed by atoms with Crippen LogP contribution in [0.1, 0.15) is 44.3 Å². The maximum atomic E-state index is 13.2. The number of nitrogen functional groups attached to an aromatic ring is 1. The molecule has 22 nitrogen and oxygen atoms in total. The second-order valence-electron chi connectivity index (χ2n) is 15.4. The number of likely N-dealkylation sites (N-methyl/N-ethyl adjacent to an activating group) is 1. The van der Waals surface area contributed by atoms with Gasteiger partial charge in [0.2, 0.25) is 5.28 Å². The SMILES string of the molecule is CN1CCOCC1.COc1nc(Cl)nc(OC)n1.Cc1nc(C(=O)Nc2ccc(-c3cc4c(cc3Cl)OC(F)(F)O4)cn2)c(C)o1.Cc1nc(C(=O)O)c(C)o1.ClCCl.Nc1ccc(-c2cc3c(cc2Cl)OC(F)(F)O3)cn1. The lowest BCUT2D eigenvalue weighted by Crippen LogP contribution is -2.32. The molecule has 0 aliphatic carbocycles. The predicted molar refractivity (Wildman–Crippen MR) is 276 cm³/mol. The molecule has 1 saturated heterocycles. The van der Waals surface area contributed by atoms with E-state index < -0.39 is 24.5 Å². The van der Waals surface area contributed by atoms with E-state index in [2.05, 4.69) is 71.1 Å². The highest BCUT2D eigenvalue weighted by Gasteiger charge is 2.45. The molecule has 0 atom stereocenters. The summed E-state index contributed by atoms with van der Waals surface area (Å²) in [5.41, 5.74) is 7.76. The number of alkyl halides is 6. The molecule has 0 radical (unpaired) electrons. The fourth-order valence-electron chi connectivity index (χ4n) is 6.37. The van der Waals surface area contributed by atoms with Crippen LogP contribution in [0.2, 0.25) is 15.3 Å². The fourth-order valence-corrected chi connectivity index (χ4v) is 7.04. The van der Waals surface area contributed by atoms with Gasteiger partial charge in [-0.15, -0.1) is 45.7 Å². The van der Waals surface area contributed by atoms with Crippen molar-refractivity contribution in [1.82, 2.24) is 39.8 Å². The number of oxazole rings is 2. The highest BCUT2D eigenvalue weighted by atomic mass is 35.5. The number of fused-ring (bicyclic) bond motifs is 2. The van der Waals surface area contributed by atoms with Crippen molar-refractivity contribution in [3.63, 3.8) is 0 Å². The van der Waals surface area contributed by atoms with Crippen LogP contribution in [0.5, 0.6) is 35.0 Å². The normalized spacial score (nSPS) is 13.9. The van der Waals surface area contributed by atoms with Crippen LogP contribution in [0.4, 0.5) is 29.2 Å². The van der Waals surface area contributed by atoms with E-state index in [1.165, 1.54) is 50.9 Å². The number of carboxylic acids is 1. The van der Waals surface area contributed by atoms with Crippen LogP contribution in [0.15, 0.2) is 69.8 Å². The van der Waals surface area contributed by atoms with Crippen molar-refractivity contribution >= 4 is 81.5 Å². The Kier molecular flexibility index (Phi) is 22.1. The Hall–Kier alpha value is -7.20. The van der Waals surface area contributed by atoms with Crippen LogP contribution in [-0.4, -0.2) is 122 Å². The number of nitrogens with two attached hydrogens (primary N) is 1. The third-order valence-corrected chi connectivity index (χ3v) is 10.6. The van der Waals surface area contributed by atoms with E-state index in [4.69, 9.17) is 91.9 Å². The molecule has 7 aromatic rings. The Morgan fingerprint density at radius 3 is 1.47 bits per heavy atom. The molecule has 5 aromatic heterocycles. The van der Waals surface area contributed by atoms with Gasteiger partial charge in [0.15, 0.2) is 46.2 Å². The number of hydrogen-bond donors (Lipinski definition) is 3. The van der Waals surface area contributed by atoms with E-state index in [9.17, 15) is 27.2 Å². The van der Waals surface area contributed by atoms with Gasteiger partial charge in [-0.3, -0.25) is 4.79 Å². The maximum absolute atomic E-state index is 13.2. The highest BCUT2D eigenvalue weighted by Crippen LogP contribution is 2.47. The minimum Gasteiger partial charge on any atom is -0.476 e. The van der Waals surface area contributed by atoms with E-state index in [1.807, 2.05) is 0 Å². The zero-order chi connectivity index (χ0) is 57.5. The number of methoxy groups -OCH3 is 2. The van der Waals surface area contributed by atoms with E-state index in [-0.39, 0.29) is 72.9 Å². The summed E-state index contributed by atoms with van der Waals surface area (Å²) in [6.07, 6.45) is -4.45. The van der Waals surface area contributed by atoms with Crippen LogP contribution in [0.3, 0.4) is 0 Å². The smallest absolute Gasteiger partial charge is 0.476 e. The zero-order valence-electron chi connectivity index (χ0n) is 41.8. The first kappa shape index (κ1) is 61.7. The number of ether oxygens (including phenoxy) is 7. The van der Waals surface area contributed by atoms with Crippen molar-refractivity contribution in [2.24, 2.45) is 0 Å². The van der Waals surface area contributed by atoms with Gasteiger partial charge in [0.25, 0.3) is 5.91 Å². The quantitative estimate of drug-likeness (QED) is 0.0988. The number of carboxylic acid groups (broad SMARTS) is 1. The number of benzene rings is 2. The summed E-state index contributed by atoms with van der Waals surface area (Å²) < 4.78 is 94.4. The van der Waals surface area contributed by atoms with Crippen molar-refractivity contribution in [2.45, 2.75) is 40.3 Å². The maximum Gasteiger partial charge on any atom is 0.586 e. The van der Waals surface area contributed by atoms with E-state index >= 15 is 0 Å².